The van der Waals surface area contributed by atoms with Crippen LogP contribution in [0.1, 0.15) is 72.1 Å². The number of imide groups is 1. The van der Waals surface area contributed by atoms with Crippen LogP contribution in [0.15, 0.2) is 24.3 Å². The third-order valence-electron chi connectivity index (χ3n) is 7.10. The van der Waals surface area contributed by atoms with Crippen LogP contribution in [0.2, 0.25) is 0 Å². The highest BCUT2D eigenvalue weighted by atomic mass is 16.3. The van der Waals surface area contributed by atoms with E-state index in [2.05, 4.69) is 5.32 Å². The molecule has 4 bridgehead atoms. The Bertz CT molecular complexity index is 815. The van der Waals surface area contributed by atoms with E-state index in [0.717, 1.165) is 25.7 Å². The molecule has 1 aromatic carbocycles. The van der Waals surface area contributed by atoms with Crippen molar-refractivity contribution in [3.63, 3.8) is 0 Å². The normalized spacial score (nSPS) is 35.4. The molecule has 0 spiro atoms. The van der Waals surface area contributed by atoms with Crippen LogP contribution < -0.4 is 5.32 Å². The zero-order valence-corrected chi connectivity index (χ0v) is 15.9. The second-order valence-electron chi connectivity index (χ2n) is 9.42. The fraction of sp³-hybridized carbons (Fsp3) is 0.591. The molecule has 4 saturated carbocycles. The lowest BCUT2D eigenvalue weighted by atomic mass is 9.51. The second-order valence-corrected chi connectivity index (χ2v) is 9.42. The molecule has 148 valence electrons. The van der Waals surface area contributed by atoms with Crippen LogP contribution in [-0.4, -0.2) is 45.4 Å². The van der Waals surface area contributed by atoms with Gasteiger partial charge in [-0.3, -0.25) is 19.3 Å². The number of hydrogen-bond donors (Lipinski definition) is 2. The third kappa shape index (κ3) is 2.85. The van der Waals surface area contributed by atoms with Gasteiger partial charge in [-0.25, -0.2) is 0 Å². The molecule has 2 N–H and O–H groups in total. The maximum Gasteiger partial charge on any atom is 0.261 e. The van der Waals surface area contributed by atoms with Gasteiger partial charge in [-0.05, 0) is 68.9 Å². The number of carbonyl (C=O) groups is 3. The summed E-state index contributed by atoms with van der Waals surface area (Å²) >= 11 is 0. The van der Waals surface area contributed by atoms with Gasteiger partial charge in [0.15, 0.2) is 0 Å². The summed E-state index contributed by atoms with van der Waals surface area (Å²) in [6.45, 7) is 0.252. The zero-order valence-electron chi connectivity index (χ0n) is 15.9. The molecule has 4 aliphatic carbocycles. The Hall–Kier alpha value is -2.21. The monoisotopic (exact) mass is 382 g/mol. The van der Waals surface area contributed by atoms with E-state index in [0.29, 0.717) is 35.8 Å². The smallest absolute Gasteiger partial charge is 0.261 e. The van der Waals surface area contributed by atoms with Crippen LogP contribution in [0.5, 0.6) is 0 Å². The van der Waals surface area contributed by atoms with Crippen LogP contribution in [-0.2, 0) is 4.79 Å². The lowest BCUT2D eigenvalue weighted by molar-refractivity contribution is -0.150. The molecule has 3 amide bonds. The van der Waals surface area contributed by atoms with Crippen molar-refractivity contribution < 1.29 is 19.5 Å². The van der Waals surface area contributed by atoms with E-state index in [4.69, 9.17) is 0 Å². The first-order chi connectivity index (χ1) is 13.4. The number of fused-ring (bicyclic) bond motifs is 1. The summed E-state index contributed by atoms with van der Waals surface area (Å²) in [5.41, 5.74) is 0.0284. The molecule has 0 saturated heterocycles. The number of nitrogens with zero attached hydrogens (tertiary/aromatic N) is 1. The maximum absolute atomic E-state index is 12.6. The molecule has 4 atom stereocenters. The fourth-order valence-corrected chi connectivity index (χ4v) is 6.56. The van der Waals surface area contributed by atoms with Gasteiger partial charge >= 0.3 is 0 Å². The third-order valence-corrected chi connectivity index (χ3v) is 7.10. The quantitative estimate of drug-likeness (QED) is 0.765. The number of aliphatic hydroxyl groups is 1. The topological polar surface area (TPSA) is 86.7 Å². The first-order valence-corrected chi connectivity index (χ1v) is 10.4. The van der Waals surface area contributed by atoms with Crippen molar-refractivity contribution in [1.29, 1.82) is 0 Å². The Morgan fingerprint density at radius 2 is 1.68 bits per heavy atom. The van der Waals surface area contributed by atoms with E-state index in [1.807, 2.05) is 0 Å². The molecule has 1 aliphatic heterocycles. The highest BCUT2D eigenvalue weighted by Crippen LogP contribution is 2.57. The van der Waals surface area contributed by atoms with Crippen molar-refractivity contribution in [3.05, 3.63) is 35.4 Å². The molecule has 4 fully saturated rings. The number of carbonyl (C=O) groups excluding carboxylic acids is 3. The molecule has 5 aliphatic rings. The minimum atomic E-state index is -0.600. The van der Waals surface area contributed by atoms with E-state index >= 15 is 0 Å². The molecule has 28 heavy (non-hydrogen) atoms. The Morgan fingerprint density at radius 3 is 2.25 bits per heavy atom. The average molecular weight is 382 g/mol. The van der Waals surface area contributed by atoms with Crippen molar-refractivity contribution in [2.75, 3.05) is 6.54 Å². The summed E-state index contributed by atoms with van der Waals surface area (Å²) < 4.78 is 0. The Labute approximate surface area is 164 Å². The minimum absolute atomic E-state index is 0.0397. The lowest BCUT2D eigenvalue weighted by Gasteiger charge is -2.60. The first-order valence-electron chi connectivity index (χ1n) is 10.4. The lowest BCUT2D eigenvalue weighted by Crippen LogP contribution is -2.65. The number of benzene rings is 1. The molecule has 6 nitrogen and oxygen atoms in total. The van der Waals surface area contributed by atoms with Gasteiger partial charge in [0.25, 0.3) is 11.8 Å². The summed E-state index contributed by atoms with van der Waals surface area (Å²) in [7, 11) is 0. The van der Waals surface area contributed by atoms with Gasteiger partial charge in [0.05, 0.1) is 16.7 Å². The van der Waals surface area contributed by atoms with Crippen molar-refractivity contribution in [3.8, 4) is 0 Å². The molecule has 2 unspecified atom stereocenters. The summed E-state index contributed by atoms with van der Waals surface area (Å²) in [5, 5.41) is 14.0. The number of nitrogens with one attached hydrogen (secondary N) is 1. The molecule has 0 aromatic heterocycles. The van der Waals surface area contributed by atoms with E-state index < -0.39 is 5.60 Å². The molecular weight excluding hydrogens is 356 g/mol. The van der Waals surface area contributed by atoms with Gasteiger partial charge in [0.1, 0.15) is 0 Å². The van der Waals surface area contributed by atoms with Crippen molar-refractivity contribution >= 4 is 17.7 Å². The van der Waals surface area contributed by atoms with Crippen molar-refractivity contribution in [2.24, 2.45) is 11.8 Å². The fourth-order valence-electron chi connectivity index (χ4n) is 6.56. The molecule has 6 heteroatoms. The van der Waals surface area contributed by atoms with Crippen LogP contribution >= 0.6 is 0 Å². The van der Waals surface area contributed by atoms with Gasteiger partial charge in [-0.2, -0.15) is 0 Å². The van der Waals surface area contributed by atoms with Crippen LogP contribution in [0.4, 0.5) is 0 Å². The standard InChI is InChI=1S/C22H26N2O4/c25-18(23-21-9-14-8-15(10-21)12-22(28,11-14)13-21)6-3-7-24-19(26)16-4-1-2-5-17(16)20(24)27/h1-2,4-5,14-15,28H,3,6-13H2,(H,23,25)/t14-,15+,21?,22?. The van der Waals surface area contributed by atoms with Gasteiger partial charge < -0.3 is 10.4 Å². The van der Waals surface area contributed by atoms with E-state index in [-0.39, 0.29) is 36.2 Å². The van der Waals surface area contributed by atoms with E-state index in [9.17, 15) is 19.5 Å². The summed E-state index contributed by atoms with van der Waals surface area (Å²) in [6.07, 6.45) is 6.26. The van der Waals surface area contributed by atoms with Gasteiger partial charge in [-0.15, -0.1) is 0 Å². The summed E-state index contributed by atoms with van der Waals surface area (Å²) in [5.74, 6) is 0.450. The van der Waals surface area contributed by atoms with Gasteiger partial charge in [0, 0.05) is 18.5 Å². The molecule has 6 rings (SSSR count). The van der Waals surface area contributed by atoms with Crippen LogP contribution in [0.25, 0.3) is 0 Å². The number of rotatable bonds is 5. The SMILES string of the molecule is O=C(CCCN1C(=O)c2ccccc2C1=O)NC12C[C@@H]3C[C@@H](CC(O)(C3)C1)C2. The average Bonchev–Trinajstić information content (AvgIpc) is 2.84. The zero-order chi connectivity index (χ0) is 19.5. The second kappa shape index (κ2) is 6.14. The van der Waals surface area contributed by atoms with Crippen molar-refractivity contribution in [1.82, 2.24) is 10.2 Å². The first kappa shape index (κ1) is 17.9. The van der Waals surface area contributed by atoms with Crippen molar-refractivity contribution in [2.45, 2.75) is 62.5 Å². The number of hydrogen-bond acceptors (Lipinski definition) is 4. The molecule has 1 aromatic rings. The number of amides is 3. The maximum atomic E-state index is 12.6. The highest BCUT2D eigenvalue weighted by molar-refractivity contribution is 6.21. The predicted octanol–water partition coefficient (Wildman–Crippen LogP) is 2.26. The summed E-state index contributed by atoms with van der Waals surface area (Å²) in [4.78, 5) is 38.6. The van der Waals surface area contributed by atoms with E-state index in [1.165, 1.54) is 11.3 Å². The predicted molar refractivity (Wildman–Crippen MR) is 102 cm³/mol. The van der Waals surface area contributed by atoms with Gasteiger partial charge in [0.2, 0.25) is 5.91 Å². The van der Waals surface area contributed by atoms with E-state index in [1.54, 1.807) is 24.3 Å². The van der Waals surface area contributed by atoms with Crippen LogP contribution in [0.3, 0.4) is 0 Å². The van der Waals surface area contributed by atoms with Crippen LogP contribution in [0, 0.1) is 11.8 Å². The molecule has 1 heterocycles. The largest absolute Gasteiger partial charge is 0.390 e. The summed E-state index contributed by atoms with van der Waals surface area (Å²) in [6, 6.07) is 6.83. The molecule has 0 radical (unpaired) electrons. The Balaban J connectivity index is 1.17. The molecular formula is C22H26N2O4. The Kier molecular flexibility index (Phi) is 3.92. The van der Waals surface area contributed by atoms with Gasteiger partial charge in [-0.1, -0.05) is 12.1 Å². The minimum Gasteiger partial charge on any atom is -0.390 e. The highest BCUT2D eigenvalue weighted by Gasteiger charge is 2.57. The Morgan fingerprint density at radius 1 is 1.07 bits per heavy atom.